The number of Topliss-reactive ketones (excluding diaryl/α,β-unsaturated/α-hetero) is 1. The van der Waals surface area contributed by atoms with Gasteiger partial charge in [-0.25, -0.2) is 9.79 Å². The number of rotatable bonds is 1. The second-order valence-corrected chi connectivity index (χ2v) is 4.33. The topological polar surface area (TPSA) is 72.8 Å². The van der Waals surface area contributed by atoms with E-state index in [1.807, 2.05) is 24.3 Å². The van der Waals surface area contributed by atoms with Crippen molar-refractivity contribution in [3.8, 4) is 0 Å². The second kappa shape index (κ2) is 4.38. The van der Waals surface area contributed by atoms with Crippen molar-refractivity contribution in [2.45, 2.75) is 0 Å². The van der Waals surface area contributed by atoms with E-state index in [4.69, 9.17) is 0 Å². The quantitative estimate of drug-likeness (QED) is 0.534. The number of benzene rings is 2. The molecule has 2 aromatic rings. The molecule has 0 aromatic heterocycles. The summed E-state index contributed by atoms with van der Waals surface area (Å²) < 4.78 is 4.59. The van der Waals surface area contributed by atoms with Crippen molar-refractivity contribution >= 4 is 34.0 Å². The van der Waals surface area contributed by atoms with Crippen LogP contribution in [-0.2, 0) is 19.1 Å². The Balaban J connectivity index is 2.52. The highest BCUT2D eigenvalue weighted by atomic mass is 16.5. The highest BCUT2D eigenvalue weighted by molar-refractivity contribution is 6.61. The van der Waals surface area contributed by atoms with Crippen LogP contribution in [0.1, 0.15) is 0 Å². The lowest BCUT2D eigenvalue weighted by atomic mass is 10.0. The summed E-state index contributed by atoms with van der Waals surface area (Å²) in [6.07, 6.45) is 0. The number of ketones is 1. The first-order valence-electron chi connectivity index (χ1n) is 5.90. The summed E-state index contributed by atoms with van der Waals surface area (Å²) in [6.45, 7) is 0. The molecule has 5 heteroatoms. The first-order chi connectivity index (χ1) is 9.61. The van der Waals surface area contributed by atoms with Gasteiger partial charge in [-0.05, 0) is 22.9 Å². The second-order valence-electron chi connectivity index (χ2n) is 4.33. The Labute approximate surface area is 113 Å². The number of hydrogen-bond donors (Lipinski definition) is 0. The molecule has 0 unspecified atom stereocenters. The Morgan fingerprint density at radius 2 is 1.75 bits per heavy atom. The molecular formula is C15H9NO4. The van der Waals surface area contributed by atoms with Gasteiger partial charge in [0.1, 0.15) is 5.57 Å². The van der Waals surface area contributed by atoms with Crippen molar-refractivity contribution in [3.05, 3.63) is 47.0 Å². The number of esters is 1. The molecule has 0 saturated heterocycles. The Hall–Kier alpha value is -2.82. The highest BCUT2D eigenvalue weighted by Crippen LogP contribution is 2.11. The van der Waals surface area contributed by atoms with Gasteiger partial charge in [0.05, 0.1) is 12.5 Å². The summed E-state index contributed by atoms with van der Waals surface area (Å²) in [5.74, 6) is -2.71. The third-order valence-corrected chi connectivity index (χ3v) is 3.17. The van der Waals surface area contributed by atoms with E-state index in [2.05, 4.69) is 9.73 Å². The van der Waals surface area contributed by atoms with Gasteiger partial charge in [-0.2, -0.15) is 0 Å². The van der Waals surface area contributed by atoms with Crippen LogP contribution in [0, 0.1) is 0 Å². The Morgan fingerprint density at radius 1 is 1.10 bits per heavy atom. The van der Waals surface area contributed by atoms with Crippen LogP contribution in [0.25, 0.3) is 16.3 Å². The van der Waals surface area contributed by atoms with E-state index >= 15 is 0 Å². The summed E-state index contributed by atoms with van der Waals surface area (Å²) in [5, 5.41) is 2.38. The molecule has 0 fully saturated rings. The molecule has 0 aliphatic carbocycles. The average Bonchev–Trinajstić information content (AvgIpc) is 2.46. The molecular weight excluding hydrogens is 258 g/mol. The van der Waals surface area contributed by atoms with Gasteiger partial charge >= 0.3 is 11.9 Å². The van der Waals surface area contributed by atoms with Crippen molar-refractivity contribution in [2.24, 2.45) is 4.99 Å². The molecule has 1 aliphatic heterocycles. The molecule has 0 radical (unpaired) electrons. The van der Waals surface area contributed by atoms with E-state index in [0.29, 0.717) is 10.6 Å². The Bertz CT molecular complexity index is 896. The van der Waals surface area contributed by atoms with E-state index in [0.717, 1.165) is 10.8 Å². The molecule has 98 valence electrons. The molecule has 5 nitrogen and oxygen atoms in total. The summed E-state index contributed by atoms with van der Waals surface area (Å²) in [5.41, 5.74) is -0.256. The van der Waals surface area contributed by atoms with Crippen LogP contribution in [-0.4, -0.2) is 24.8 Å². The molecule has 1 amide bonds. The minimum atomic E-state index is -0.951. The smallest absolute Gasteiger partial charge is 0.342 e. The molecule has 0 atom stereocenters. The number of amides is 1. The predicted octanol–water partition coefficient (Wildman–Crippen LogP) is -0.108. The lowest BCUT2D eigenvalue weighted by molar-refractivity contribution is -0.138. The van der Waals surface area contributed by atoms with Gasteiger partial charge in [0, 0.05) is 5.22 Å². The first kappa shape index (κ1) is 12.2. The van der Waals surface area contributed by atoms with Gasteiger partial charge in [-0.1, -0.05) is 24.3 Å². The Morgan fingerprint density at radius 3 is 2.40 bits per heavy atom. The van der Waals surface area contributed by atoms with Crippen LogP contribution in [0.5, 0.6) is 0 Å². The van der Waals surface area contributed by atoms with Crippen LogP contribution >= 0.6 is 0 Å². The number of hydrogen-bond acceptors (Lipinski definition) is 4. The normalized spacial score (nSPS) is 13.9. The standard InChI is InChI=1S/C15H9NO4/c1-20-15(19)12-10-6-8-4-2-3-5-9(8)7-11(10)16-14(18)13(12)17/h2-7H,1H3. The molecule has 20 heavy (non-hydrogen) atoms. The van der Waals surface area contributed by atoms with Crippen molar-refractivity contribution in [2.75, 3.05) is 7.11 Å². The van der Waals surface area contributed by atoms with Crippen molar-refractivity contribution < 1.29 is 19.1 Å². The first-order valence-corrected chi connectivity index (χ1v) is 5.90. The number of fused-ring (bicyclic) bond motifs is 2. The molecule has 1 aliphatic rings. The zero-order valence-corrected chi connectivity index (χ0v) is 10.5. The van der Waals surface area contributed by atoms with Crippen LogP contribution in [0.3, 0.4) is 0 Å². The number of carbonyl (C=O) groups is 3. The van der Waals surface area contributed by atoms with Gasteiger partial charge in [-0.3, -0.25) is 9.59 Å². The van der Waals surface area contributed by atoms with Gasteiger partial charge < -0.3 is 4.74 Å². The van der Waals surface area contributed by atoms with Gasteiger partial charge in [0.15, 0.2) is 0 Å². The van der Waals surface area contributed by atoms with Crippen LogP contribution in [0.4, 0.5) is 0 Å². The zero-order chi connectivity index (χ0) is 14.3. The molecule has 1 heterocycles. The van der Waals surface area contributed by atoms with Crippen LogP contribution in [0.15, 0.2) is 41.4 Å². The fraction of sp³-hybridized carbons (Fsp3) is 0.0667. The lowest BCUT2D eigenvalue weighted by Gasteiger charge is -2.07. The number of carbonyl (C=O) groups excluding carboxylic acids is 3. The van der Waals surface area contributed by atoms with Crippen molar-refractivity contribution in [1.29, 1.82) is 0 Å². The van der Waals surface area contributed by atoms with E-state index in [1.165, 1.54) is 7.11 Å². The minimum absolute atomic E-state index is 0.256. The van der Waals surface area contributed by atoms with Crippen molar-refractivity contribution in [1.82, 2.24) is 0 Å². The highest BCUT2D eigenvalue weighted by Gasteiger charge is 2.29. The lowest BCUT2D eigenvalue weighted by Crippen LogP contribution is -2.40. The SMILES string of the molecule is COC(=O)C1=c2cc3ccccc3cc2=NC(=O)C1=O. The summed E-state index contributed by atoms with van der Waals surface area (Å²) in [6, 6.07) is 10.8. The van der Waals surface area contributed by atoms with E-state index in [9.17, 15) is 14.4 Å². The Kier molecular flexibility index (Phi) is 2.68. The number of ether oxygens (including phenoxy) is 1. The third kappa shape index (κ3) is 1.72. The van der Waals surface area contributed by atoms with Crippen LogP contribution < -0.4 is 10.6 Å². The predicted molar refractivity (Wildman–Crippen MR) is 70.2 cm³/mol. The summed E-state index contributed by atoms with van der Waals surface area (Å²) >= 11 is 0. The number of nitrogens with zero attached hydrogens (tertiary/aromatic N) is 1. The van der Waals surface area contributed by atoms with Crippen molar-refractivity contribution in [3.63, 3.8) is 0 Å². The molecule has 2 aromatic carbocycles. The summed E-state index contributed by atoms with van der Waals surface area (Å²) in [4.78, 5) is 38.9. The maximum atomic E-state index is 11.8. The fourth-order valence-electron chi connectivity index (χ4n) is 2.22. The van der Waals surface area contributed by atoms with E-state index in [1.54, 1.807) is 12.1 Å². The average molecular weight is 267 g/mol. The van der Waals surface area contributed by atoms with Gasteiger partial charge in [0.2, 0.25) is 0 Å². The molecule has 0 bridgehead atoms. The molecule has 0 spiro atoms. The number of methoxy groups -OCH3 is 1. The minimum Gasteiger partial charge on any atom is -0.465 e. The zero-order valence-electron chi connectivity index (χ0n) is 10.5. The molecule has 0 N–H and O–H groups in total. The molecule has 3 rings (SSSR count). The van der Waals surface area contributed by atoms with E-state index in [-0.39, 0.29) is 5.57 Å². The monoisotopic (exact) mass is 267 g/mol. The van der Waals surface area contributed by atoms with Crippen LogP contribution in [0.2, 0.25) is 0 Å². The summed E-state index contributed by atoms with van der Waals surface area (Å²) in [7, 11) is 1.17. The van der Waals surface area contributed by atoms with E-state index < -0.39 is 17.7 Å². The fourth-order valence-corrected chi connectivity index (χ4v) is 2.22. The maximum Gasteiger partial charge on any atom is 0.342 e. The largest absolute Gasteiger partial charge is 0.465 e. The maximum absolute atomic E-state index is 11.8. The third-order valence-electron chi connectivity index (χ3n) is 3.17. The van der Waals surface area contributed by atoms with Gasteiger partial charge in [-0.15, -0.1) is 0 Å². The molecule has 0 saturated carbocycles. The van der Waals surface area contributed by atoms with Gasteiger partial charge in [0.25, 0.3) is 5.78 Å².